The molecular weight excluding hydrogens is 306 g/mol. The van der Waals surface area contributed by atoms with Gasteiger partial charge in [-0.15, -0.1) is 0 Å². The van der Waals surface area contributed by atoms with Crippen LogP contribution in [0.4, 0.5) is 0 Å². The first-order chi connectivity index (χ1) is 11.9. The average molecular weight is 335 g/mol. The van der Waals surface area contributed by atoms with Crippen molar-refractivity contribution < 1.29 is 4.42 Å². The summed E-state index contributed by atoms with van der Waals surface area (Å²) in [5.74, 6) is 2.05. The maximum atomic E-state index is 5.87. The maximum absolute atomic E-state index is 5.87. The first kappa shape index (κ1) is 17.8. The molecule has 3 aromatic rings. The Morgan fingerprint density at radius 3 is 2.40 bits per heavy atom. The van der Waals surface area contributed by atoms with E-state index in [-0.39, 0.29) is 5.41 Å². The van der Waals surface area contributed by atoms with Crippen LogP contribution < -0.4 is 5.32 Å². The van der Waals surface area contributed by atoms with E-state index in [0.717, 1.165) is 17.9 Å². The molecule has 1 N–H and O–H groups in total. The van der Waals surface area contributed by atoms with Gasteiger partial charge < -0.3 is 9.73 Å². The lowest BCUT2D eigenvalue weighted by Gasteiger charge is -2.29. The molecule has 2 aromatic carbocycles. The van der Waals surface area contributed by atoms with Crippen molar-refractivity contribution in [2.24, 2.45) is 0 Å². The second kappa shape index (κ2) is 7.05. The molecule has 0 saturated heterocycles. The zero-order valence-corrected chi connectivity index (χ0v) is 16.0. The molecule has 0 aliphatic carbocycles. The molecule has 1 heterocycles. The smallest absolute Gasteiger partial charge is 0.109 e. The van der Waals surface area contributed by atoms with Crippen LogP contribution in [-0.4, -0.2) is 6.04 Å². The lowest BCUT2D eigenvalue weighted by molar-refractivity contribution is 0.310. The van der Waals surface area contributed by atoms with E-state index in [4.69, 9.17) is 4.42 Å². The number of rotatable bonds is 6. The van der Waals surface area contributed by atoms with Crippen LogP contribution >= 0.6 is 0 Å². The van der Waals surface area contributed by atoms with Crippen LogP contribution in [0.25, 0.3) is 10.8 Å². The third-order valence-electron chi connectivity index (χ3n) is 5.05. The van der Waals surface area contributed by atoms with E-state index in [0.29, 0.717) is 12.1 Å². The first-order valence-electron chi connectivity index (χ1n) is 9.17. The van der Waals surface area contributed by atoms with Crippen molar-refractivity contribution in [2.45, 2.75) is 58.5 Å². The van der Waals surface area contributed by atoms with Crippen LogP contribution in [0.1, 0.15) is 57.2 Å². The SMILES string of the molecule is Cc1ccc(C(C)(C)C[C@@H](C)N[C@@H](C)c2cccc3ccccc23)o1. The molecule has 0 saturated carbocycles. The van der Waals surface area contributed by atoms with Gasteiger partial charge in [-0.05, 0) is 55.7 Å². The van der Waals surface area contributed by atoms with Crippen LogP contribution in [0.2, 0.25) is 0 Å². The van der Waals surface area contributed by atoms with Gasteiger partial charge in [0.1, 0.15) is 11.5 Å². The van der Waals surface area contributed by atoms with Crippen molar-refractivity contribution >= 4 is 10.8 Å². The third-order valence-corrected chi connectivity index (χ3v) is 5.05. The molecule has 0 aliphatic rings. The van der Waals surface area contributed by atoms with Gasteiger partial charge >= 0.3 is 0 Å². The molecule has 0 spiro atoms. The number of fused-ring (bicyclic) bond motifs is 1. The minimum atomic E-state index is 0.0130. The summed E-state index contributed by atoms with van der Waals surface area (Å²) in [4.78, 5) is 0. The Kier molecular flexibility index (Phi) is 5.01. The largest absolute Gasteiger partial charge is 0.466 e. The highest BCUT2D eigenvalue weighted by Gasteiger charge is 2.27. The van der Waals surface area contributed by atoms with Crippen LogP contribution in [0.5, 0.6) is 0 Å². The van der Waals surface area contributed by atoms with Crippen molar-refractivity contribution in [3.63, 3.8) is 0 Å². The number of nitrogens with one attached hydrogen (secondary N) is 1. The molecular formula is C23H29NO. The van der Waals surface area contributed by atoms with Crippen molar-refractivity contribution in [1.29, 1.82) is 0 Å². The van der Waals surface area contributed by atoms with Gasteiger partial charge in [0, 0.05) is 17.5 Å². The lowest BCUT2D eigenvalue weighted by atomic mass is 9.83. The molecule has 2 atom stereocenters. The van der Waals surface area contributed by atoms with Gasteiger partial charge in [-0.3, -0.25) is 0 Å². The molecule has 3 rings (SSSR count). The van der Waals surface area contributed by atoms with E-state index in [2.05, 4.69) is 81.5 Å². The van der Waals surface area contributed by atoms with E-state index >= 15 is 0 Å². The molecule has 0 unspecified atom stereocenters. The highest BCUT2D eigenvalue weighted by Crippen LogP contribution is 2.31. The van der Waals surface area contributed by atoms with Crippen LogP contribution in [-0.2, 0) is 5.41 Å². The van der Waals surface area contributed by atoms with E-state index in [1.165, 1.54) is 16.3 Å². The Labute approximate surface area is 151 Å². The number of hydrogen-bond donors (Lipinski definition) is 1. The summed E-state index contributed by atoms with van der Waals surface area (Å²) in [6, 6.07) is 20.0. The van der Waals surface area contributed by atoms with Gasteiger partial charge in [0.2, 0.25) is 0 Å². The summed E-state index contributed by atoms with van der Waals surface area (Å²) < 4.78 is 5.87. The topological polar surface area (TPSA) is 25.2 Å². The molecule has 25 heavy (non-hydrogen) atoms. The van der Waals surface area contributed by atoms with Gasteiger partial charge in [0.15, 0.2) is 0 Å². The molecule has 0 radical (unpaired) electrons. The summed E-state index contributed by atoms with van der Waals surface area (Å²) in [6.07, 6.45) is 1.02. The Balaban J connectivity index is 1.73. The lowest BCUT2D eigenvalue weighted by Crippen LogP contribution is -2.34. The third kappa shape index (κ3) is 3.96. The van der Waals surface area contributed by atoms with Crippen LogP contribution in [0.3, 0.4) is 0 Å². The van der Waals surface area contributed by atoms with Gasteiger partial charge in [0.25, 0.3) is 0 Å². The standard InChI is InChI=1S/C23H29NO/c1-16(15-23(4,5)22-14-13-17(2)25-22)24-18(3)20-12-8-10-19-9-6-7-11-21(19)20/h6-14,16,18,24H,15H2,1-5H3/t16-,18+/m1/s1. The predicted octanol–water partition coefficient (Wildman–Crippen LogP) is 6.15. The molecule has 132 valence electrons. The number of furan rings is 1. The predicted molar refractivity (Wildman–Crippen MR) is 106 cm³/mol. The van der Waals surface area contributed by atoms with E-state index in [1.54, 1.807) is 0 Å². The van der Waals surface area contributed by atoms with Crippen LogP contribution in [0.15, 0.2) is 59.0 Å². The molecule has 1 aromatic heterocycles. The molecule has 0 fully saturated rings. The fourth-order valence-electron chi connectivity index (χ4n) is 3.87. The molecule has 0 aliphatic heterocycles. The minimum Gasteiger partial charge on any atom is -0.466 e. The van der Waals surface area contributed by atoms with Gasteiger partial charge in [0.05, 0.1) is 0 Å². The zero-order valence-electron chi connectivity index (χ0n) is 16.0. The summed E-state index contributed by atoms with van der Waals surface area (Å²) in [7, 11) is 0. The van der Waals surface area contributed by atoms with Crippen molar-refractivity contribution in [3.8, 4) is 0 Å². The van der Waals surface area contributed by atoms with E-state index < -0.39 is 0 Å². The molecule has 2 nitrogen and oxygen atoms in total. The normalized spacial score (nSPS) is 14.6. The summed E-state index contributed by atoms with van der Waals surface area (Å²) >= 11 is 0. The first-order valence-corrected chi connectivity index (χ1v) is 9.17. The number of benzene rings is 2. The second-order valence-corrected chi connectivity index (χ2v) is 7.86. The van der Waals surface area contributed by atoms with Crippen LogP contribution in [0, 0.1) is 6.92 Å². The maximum Gasteiger partial charge on any atom is 0.109 e. The summed E-state index contributed by atoms with van der Waals surface area (Å²) in [5.41, 5.74) is 1.37. The van der Waals surface area contributed by atoms with Crippen molar-refractivity contribution in [3.05, 3.63) is 71.7 Å². The highest BCUT2D eigenvalue weighted by atomic mass is 16.3. The zero-order chi connectivity index (χ0) is 18.0. The molecule has 2 heteroatoms. The Hall–Kier alpha value is -2.06. The fourth-order valence-corrected chi connectivity index (χ4v) is 3.87. The van der Waals surface area contributed by atoms with Gasteiger partial charge in [-0.1, -0.05) is 56.3 Å². The van der Waals surface area contributed by atoms with E-state index in [9.17, 15) is 0 Å². The molecule has 0 bridgehead atoms. The Morgan fingerprint density at radius 2 is 1.68 bits per heavy atom. The molecule has 0 amide bonds. The Bertz CT molecular complexity index is 841. The fraction of sp³-hybridized carbons (Fsp3) is 0.391. The number of aryl methyl sites for hydroxylation is 1. The van der Waals surface area contributed by atoms with Crippen molar-refractivity contribution in [1.82, 2.24) is 5.32 Å². The Morgan fingerprint density at radius 1 is 0.960 bits per heavy atom. The average Bonchev–Trinajstić information content (AvgIpc) is 3.01. The summed E-state index contributed by atoms with van der Waals surface area (Å²) in [6.45, 7) is 11.0. The highest BCUT2D eigenvalue weighted by molar-refractivity contribution is 5.86. The van der Waals surface area contributed by atoms with E-state index in [1.807, 2.05) is 13.0 Å². The van der Waals surface area contributed by atoms with Gasteiger partial charge in [-0.25, -0.2) is 0 Å². The number of hydrogen-bond acceptors (Lipinski definition) is 2. The van der Waals surface area contributed by atoms with Crippen molar-refractivity contribution in [2.75, 3.05) is 0 Å². The quantitative estimate of drug-likeness (QED) is 0.584. The minimum absolute atomic E-state index is 0.0130. The monoisotopic (exact) mass is 335 g/mol. The van der Waals surface area contributed by atoms with Gasteiger partial charge in [-0.2, -0.15) is 0 Å². The summed E-state index contributed by atoms with van der Waals surface area (Å²) in [5, 5.41) is 6.41. The second-order valence-electron chi connectivity index (χ2n) is 7.86.